The van der Waals surface area contributed by atoms with Crippen molar-refractivity contribution in [3.8, 4) is 0 Å². The summed E-state index contributed by atoms with van der Waals surface area (Å²) in [5, 5.41) is 0. The second kappa shape index (κ2) is 4.30. The molecule has 0 bridgehead atoms. The molecule has 0 saturated heterocycles. The summed E-state index contributed by atoms with van der Waals surface area (Å²) in [6, 6.07) is 0. The van der Waals surface area contributed by atoms with Crippen molar-refractivity contribution >= 4 is 5.97 Å². The Balaban J connectivity index is 3.96. The Bertz CT molecular complexity index is 201. The number of carbonyl (C=O) groups is 1. The summed E-state index contributed by atoms with van der Waals surface area (Å²) >= 11 is 0. The number of hydrogen-bond acceptors (Lipinski definition) is 3. The van der Waals surface area contributed by atoms with Crippen LogP contribution in [-0.4, -0.2) is 31.6 Å². The Morgan fingerprint density at radius 1 is 1.38 bits per heavy atom. The number of esters is 1. The van der Waals surface area contributed by atoms with E-state index in [1.807, 2.05) is 20.8 Å². The largest absolute Gasteiger partial charge is 0.460 e. The zero-order chi connectivity index (χ0) is 10.6. The first kappa shape index (κ1) is 12.0. The van der Waals surface area contributed by atoms with Crippen molar-refractivity contribution in [2.24, 2.45) is 5.41 Å². The van der Waals surface area contributed by atoms with E-state index in [-0.39, 0.29) is 11.4 Å². The molecule has 0 aromatic heterocycles. The molecule has 0 atom stereocenters. The molecule has 0 fully saturated rings. The molecule has 76 valence electrons. The maximum atomic E-state index is 11.3. The maximum Gasteiger partial charge on any atom is 0.353 e. The van der Waals surface area contributed by atoms with Gasteiger partial charge in [-0.15, -0.1) is 0 Å². The summed E-state index contributed by atoms with van der Waals surface area (Å²) in [5.41, 5.74) is 0.381. The Morgan fingerprint density at radius 3 is 2.15 bits per heavy atom. The summed E-state index contributed by atoms with van der Waals surface area (Å²) in [5.74, 6) is -0.347. The van der Waals surface area contributed by atoms with Crippen LogP contribution in [-0.2, 0) is 9.53 Å². The van der Waals surface area contributed by atoms with Crippen LogP contribution >= 0.6 is 0 Å². The molecule has 0 rings (SSSR count). The van der Waals surface area contributed by atoms with Crippen molar-refractivity contribution < 1.29 is 9.53 Å². The molecule has 0 aliphatic rings. The van der Waals surface area contributed by atoms with E-state index < -0.39 is 0 Å². The minimum Gasteiger partial charge on any atom is -0.460 e. The van der Waals surface area contributed by atoms with Crippen molar-refractivity contribution in [3.05, 3.63) is 12.3 Å². The van der Waals surface area contributed by atoms with Gasteiger partial charge < -0.3 is 9.64 Å². The molecule has 0 saturated carbocycles. The van der Waals surface area contributed by atoms with E-state index in [1.54, 1.807) is 19.0 Å². The normalized spacial score (nSPS) is 10.8. The van der Waals surface area contributed by atoms with Crippen LogP contribution in [0, 0.1) is 5.41 Å². The highest BCUT2D eigenvalue weighted by molar-refractivity contribution is 5.86. The molecule has 0 heterocycles. The first-order valence-electron chi connectivity index (χ1n) is 4.27. The fourth-order valence-electron chi connectivity index (χ4n) is 0.548. The van der Waals surface area contributed by atoms with Gasteiger partial charge in [0, 0.05) is 14.1 Å². The number of carbonyl (C=O) groups excluding carboxylic acids is 1. The van der Waals surface area contributed by atoms with Crippen LogP contribution in [0.25, 0.3) is 0 Å². The van der Waals surface area contributed by atoms with Crippen molar-refractivity contribution in [2.75, 3.05) is 20.7 Å². The molecule has 13 heavy (non-hydrogen) atoms. The molecule has 3 nitrogen and oxygen atoms in total. The number of hydrogen-bond donors (Lipinski definition) is 0. The van der Waals surface area contributed by atoms with Crippen LogP contribution in [0.2, 0.25) is 0 Å². The first-order valence-corrected chi connectivity index (χ1v) is 4.27. The van der Waals surface area contributed by atoms with Crippen LogP contribution in [0.1, 0.15) is 20.8 Å². The standard InChI is InChI=1S/C10H19NO2/c1-8(11(5)6)9(12)13-7-10(2,3)4/h1,7H2,2-6H3. The van der Waals surface area contributed by atoms with Crippen LogP contribution in [0.5, 0.6) is 0 Å². The molecule has 0 radical (unpaired) electrons. The minimum absolute atomic E-state index is 0.00223. The van der Waals surface area contributed by atoms with Crippen molar-refractivity contribution in [3.63, 3.8) is 0 Å². The number of likely N-dealkylation sites (N-methyl/N-ethyl adjacent to an activating group) is 1. The van der Waals surface area contributed by atoms with Gasteiger partial charge in [0.25, 0.3) is 0 Å². The van der Waals surface area contributed by atoms with Gasteiger partial charge in [-0.3, -0.25) is 0 Å². The molecule has 0 spiro atoms. The van der Waals surface area contributed by atoms with E-state index in [0.717, 1.165) is 0 Å². The maximum absolute atomic E-state index is 11.3. The monoisotopic (exact) mass is 185 g/mol. The van der Waals surface area contributed by atoms with Gasteiger partial charge in [0.05, 0.1) is 6.61 Å². The van der Waals surface area contributed by atoms with Gasteiger partial charge >= 0.3 is 5.97 Å². The molecule has 0 unspecified atom stereocenters. The SMILES string of the molecule is C=C(C(=O)OCC(C)(C)C)N(C)C. The molecular weight excluding hydrogens is 166 g/mol. The van der Waals surface area contributed by atoms with Gasteiger partial charge in [-0.2, -0.15) is 0 Å². The van der Waals surface area contributed by atoms with Crippen molar-refractivity contribution in [1.82, 2.24) is 4.90 Å². The Labute approximate surface area is 80.4 Å². The second-order valence-corrected chi connectivity index (χ2v) is 4.48. The summed E-state index contributed by atoms with van der Waals surface area (Å²) < 4.78 is 5.05. The van der Waals surface area contributed by atoms with Crippen LogP contribution < -0.4 is 0 Å². The van der Waals surface area contributed by atoms with E-state index in [0.29, 0.717) is 12.3 Å². The summed E-state index contributed by atoms with van der Waals surface area (Å²) in [6.07, 6.45) is 0. The highest BCUT2D eigenvalue weighted by Gasteiger charge is 2.16. The highest BCUT2D eigenvalue weighted by Crippen LogP contribution is 2.13. The quantitative estimate of drug-likeness (QED) is 0.494. The van der Waals surface area contributed by atoms with Gasteiger partial charge in [0.15, 0.2) is 0 Å². The molecule has 0 aromatic rings. The minimum atomic E-state index is -0.347. The zero-order valence-electron chi connectivity index (χ0n) is 9.18. The molecule has 0 aliphatic heterocycles. The van der Waals surface area contributed by atoms with Crippen LogP contribution in [0.4, 0.5) is 0 Å². The molecule has 0 aliphatic carbocycles. The summed E-state index contributed by atoms with van der Waals surface area (Å²) in [4.78, 5) is 12.9. The fraction of sp³-hybridized carbons (Fsp3) is 0.700. The molecule has 3 heteroatoms. The highest BCUT2D eigenvalue weighted by atomic mass is 16.5. The number of rotatable bonds is 3. The van der Waals surface area contributed by atoms with Gasteiger partial charge in [0.2, 0.25) is 0 Å². The van der Waals surface area contributed by atoms with E-state index in [1.165, 1.54) is 0 Å². The van der Waals surface area contributed by atoms with E-state index in [2.05, 4.69) is 6.58 Å². The van der Waals surface area contributed by atoms with Gasteiger partial charge in [-0.25, -0.2) is 4.79 Å². The van der Waals surface area contributed by atoms with Crippen LogP contribution in [0.3, 0.4) is 0 Å². The second-order valence-electron chi connectivity index (χ2n) is 4.48. The average molecular weight is 185 g/mol. The lowest BCUT2D eigenvalue weighted by Gasteiger charge is -2.20. The average Bonchev–Trinajstić information content (AvgIpc) is 1.97. The number of nitrogens with zero attached hydrogens (tertiary/aromatic N) is 1. The van der Waals surface area contributed by atoms with Gasteiger partial charge in [-0.05, 0) is 5.41 Å². The lowest BCUT2D eigenvalue weighted by molar-refractivity contribution is -0.143. The van der Waals surface area contributed by atoms with E-state index >= 15 is 0 Å². The molecule has 0 amide bonds. The number of ether oxygens (including phenoxy) is 1. The Morgan fingerprint density at radius 2 is 1.85 bits per heavy atom. The molecule has 0 aromatic carbocycles. The van der Waals surface area contributed by atoms with Crippen molar-refractivity contribution in [2.45, 2.75) is 20.8 Å². The first-order chi connectivity index (χ1) is 5.74. The topological polar surface area (TPSA) is 29.5 Å². The third kappa shape index (κ3) is 5.28. The van der Waals surface area contributed by atoms with Gasteiger partial charge in [0.1, 0.15) is 5.70 Å². The van der Waals surface area contributed by atoms with E-state index in [4.69, 9.17) is 4.74 Å². The lowest BCUT2D eigenvalue weighted by Crippen LogP contribution is -2.24. The predicted molar refractivity (Wildman–Crippen MR) is 53.2 cm³/mol. The smallest absolute Gasteiger partial charge is 0.353 e. The third-order valence-corrected chi connectivity index (χ3v) is 1.41. The lowest BCUT2D eigenvalue weighted by atomic mass is 9.99. The third-order valence-electron chi connectivity index (χ3n) is 1.41. The van der Waals surface area contributed by atoms with E-state index in [9.17, 15) is 4.79 Å². The Kier molecular flexibility index (Phi) is 3.98. The Hall–Kier alpha value is -0.990. The predicted octanol–water partition coefficient (Wildman–Crippen LogP) is 1.65. The summed E-state index contributed by atoms with van der Waals surface area (Å²) in [7, 11) is 3.53. The van der Waals surface area contributed by atoms with Crippen molar-refractivity contribution in [1.29, 1.82) is 0 Å². The fourth-order valence-corrected chi connectivity index (χ4v) is 0.548. The molecule has 0 N–H and O–H groups in total. The van der Waals surface area contributed by atoms with Crippen LogP contribution in [0.15, 0.2) is 12.3 Å². The zero-order valence-corrected chi connectivity index (χ0v) is 9.18. The summed E-state index contributed by atoms with van der Waals surface area (Å²) in [6.45, 7) is 10.1. The van der Waals surface area contributed by atoms with Gasteiger partial charge in [-0.1, -0.05) is 27.4 Å². The molecular formula is C10H19NO2.